The van der Waals surface area contributed by atoms with Gasteiger partial charge in [0.25, 0.3) is 0 Å². The molecule has 1 amide bonds. The van der Waals surface area contributed by atoms with Crippen LogP contribution in [0.5, 0.6) is 0 Å². The van der Waals surface area contributed by atoms with Gasteiger partial charge < -0.3 is 20.2 Å². The van der Waals surface area contributed by atoms with Gasteiger partial charge in [-0.05, 0) is 20.8 Å². The zero-order valence-corrected chi connectivity index (χ0v) is 12.3. The Kier molecular flexibility index (Phi) is 5.97. The molecule has 0 spiro atoms. The molecule has 0 bridgehead atoms. The lowest BCUT2D eigenvalue weighted by Gasteiger charge is -2.32. The molecule has 0 aromatic rings. The van der Waals surface area contributed by atoms with Gasteiger partial charge in [-0.2, -0.15) is 0 Å². The summed E-state index contributed by atoms with van der Waals surface area (Å²) >= 11 is 0. The van der Waals surface area contributed by atoms with Crippen LogP contribution in [0.1, 0.15) is 20.8 Å². The third kappa shape index (κ3) is 6.03. The van der Waals surface area contributed by atoms with E-state index < -0.39 is 12.2 Å². The van der Waals surface area contributed by atoms with Gasteiger partial charge in [-0.3, -0.25) is 4.79 Å². The van der Waals surface area contributed by atoms with Crippen molar-refractivity contribution in [1.82, 2.24) is 15.7 Å². The zero-order chi connectivity index (χ0) is 15.2. The van der Waals surface area contributed by atoms with E-state index in [0.29, 0.717) is 13.1 Å². The molecular weight excluding hydrogens is 262 g/mol. The highest BCUT2D eigenvalue weighted by Gasteiger charge is 2.29. The molecule has 0 saturated carbocycles. The molecule has 1 unspecified atom stereocenters. The van der Waals surface area contributed by atoms with E-state index in [4.69, 9.17) is 9.57 Å². The molecule has 0 radical (unpaired) electrons. The first kappa shape index (κ1) is 16.5. The maximum atomic E-state index is 12.0. The Hall–Kier alpha value is -1.60. The van der Waals surface area contributed by atoms with Crippen LogP contribution in [0.4, 0.5) is 4.79 Å². The van der Waals surface area contributed by atoms with E-state index in [-0.39, 0.29) is 24.6 Å². The van der Waals surface area contributed by atoms with Crippen molar-refractivity contribution in [3.8, 4) is 0 Å². The van der Waals surface area contributed by atoms with Crippen LogP contribution < -0.4 is 10.6 Å². The topological polar surface area (TPSA) is 79.9 Å². The van der Waals surface area contributed by atoms with E-state index in [9.17, 15) is 9.59 Å². The van der Waals surface area contributed by atoms with Crippen LogP contribution in [0, 0.1) is 0 Å². The van der Waals surface area contributed by atoms with Crippen molar-refractivity contribution in [2.75, 3.05) is 26.2 Å². The van der Waals surface area contributed by atoms with E-state index >= 15 is 0 Å². The van der Waals surface area contributed by atoms with Gasteiger partial charge in [0.1, 0.15) is 12.6 Å². The second-order valence-corrected chi connectivity index (χ2v) is 5.57. The van der Waals surface area contributed by atoms with E-state index in [1.165, 1.54) is 11.1 Å². The molecule has 0 aromatic carbocycles. The number of hydroxylamine groups is 2. The summed E-state index contributed by atoms with van der Waals surface area (Å²) in [4.78, 5) is 28.4. The largest absolute Gasteiger partial charge is 0.528 e. The number of nitrogens with zero attached hydrogens (tertiary/aromatic N) is 1. The van der Waals surface area contributed by atoms with Crippen molar-refractivity contribution in [2.45, 2.75) is 32.4 Å². The summed E-state index contributed by atoms with van der Waals surface area (Å²) in [5, 5.41) is 7.40. The summed E-state index contributed by atoms with van der Waals surface area (Å²) in [6.45, 7) is 10.6. The SMILES string of the molecule is C=CCOC(=O)ON1CCNC(C(=O)NC(C)(C)C)C1. The predicted octanol–water partition coefficient (Wildman–Crippen LogP) is 0.429. The molecule has 1 rings (SSSR count). The average Bonchev–Trinajstić information content (AvgIpc) is 2.34. The molecular formula is C13H23N3O4. The second kappa shape index (κ2) is 7.25. The number of nitrogens with one attached hydrogen (secondary N) is 2. The molecule has 1 atom stereocenters. The Morgan fingerprint density at radius 2 is 2.20 bits per heavy atom. The van der Waals surface area contributed by atoms with E-state index in [2.05, 4.69) is 17.2 Å². The number of rotatable bonds is 4. The molecule has 7 heteroatoms. The maximum Gasteiger partial charge on any atom is 0.528 e. The lowest BCUT2D eigenvalue weighted by atomic mass is 10.1. The summed E-state index contributed by atoms with van der Waals surface area (Å²) in [7, 11) is 0. The van der Waals surface area contributed by atoms with Crippen LogP contribution in [0.25, 0.3) is 0 Å². The highest BCUT2D eigenvalue weighted by Crippen LogP contribution is 2.05. The number of hydrogen-bond donors (Lipinski definition) is 2. The first-order valence-corrected chi connectivity index (χ1v) is 6.58. The van der Waals surface area contributed by atoms with Crippen molar-refractivity contribution in [2.24, 2.45) is 0 Å². The third-order valence-electron chi connectivity index (χ3n) is 2.48. The van der Waals surface area contributed by atoms with Gasteiger partial charge in [0, 0.05) is 18.6 Å². The predicted molar refractivity (Wildman–Crippen MR) is 73.9 cm³/mol. The lowest BCUT2D eigenvalue weighted by Crippen LogP contribution is -2.59. The smallest absolute Gasteiger partial charge is 0.429 e. The summed E-state index contributed by atoms with van der Waals surface area (Å²) in [6.07, 6.45) is 0.667. The molecule has 1 saturated heterocycles. The number of carbonyl (C=O) groups is 2. The van der Waals surface area contributed by atoms with Crippen LogP contribution in [0.3, 0.4) is 0 Å². The number of carbonyl (C=O) groups excluding carboxylic acids is 2. The number of ether oxygens (including phenoxy) is 1. The third-order valence-corrected chi connectivity index (χ3v) is 2.48. The van der Waals surface area contributed by atoms with E-state index in [1.807, 2.05) is 20.8 Å². The van der Waals surface area contributed by atoms with Crippen LogP contribution >= 0.6 is 0 Å². The van der Waals surface area contributed by atoms with E-state index in [0.717, 1.165) is 0 Å². The molecule has 20 heavy (non-hydrogen) atoms. The summed E-state index contributed by atoms with van der Waals surface area (Å²) in [5.41, 5.74) is -0.301. The fourth-order valence-corrected chi connectivity index (χ4v) is 1.70. The number of amides is 1. The Bertz CT molecular complexity index is 365. The quantitative estimate of drug-likeness (QED) is 0.576. The summed E-state index contributed by atoms with van der Waals surface area (Å²) in [5.74, 6) is -0.120. The van der Waals surface area contributed by atoms with Gasteiger partial charge in [0.05, 0.1) is 6.54 Å². The van der Waals surface area contributed by atoms with Gasteiger partial charge in [-0.15, -0.1) is 5.06 Å². The van der Waals surface area contributed by atoms with Gasteiger partial charge in [0.15, 0.2) is 0 Å². The van der Waals surface area contributed by atoms with Crippen molar-refractivity contribution in [3.05, 3.63) is 12.7 Å². The van der Waals surface area contributed by atoms with Crippen LogP contribution in [-0.4, -0.2) is 54.9 Å². The molecule has 0 aromatic heterocycles. The molecule has 2 N–H and O–H groups in total. The van der Waals surface area contributed by atoms with Crippen LogP contribution in [0.15, 0.2) is 12.7 Å². The molecule has 114 valence electrons. The summed E-state index contributed by atoms with van der Waals surface area (Å²) < 4.78 is 4.73. The normalized spacial score (nSPS) is 20.1. The molecule has 1 heterocycles. The molecule has 1 aliphatic heterocycles. The average molecular weight is 285 g/mol. The highest BCUT2D eigenvalue weighted by molar-refractivity contribution is 5.82. The van der Waals surface area contributed by atoms with Crippen molar-refractivity contribution >= 4 is 12.1 Å². The summed E-state index contributed by atoms with van der Waals surface area (Å²) in [6, 6.07) is -0.421. The fourth-order valence-electron chi connectivity index (χ4n) is 1.70. The molecule has 1 aliphatic rings. The fraction of sp³-hybridized carbons (Fsp3) is 0.692. The Balaban J connectivity index is 2.44. The minimum Gasteiger partial charge on any atom is -0.429 e. The minimum atomic E-state index is -0.790. The number of hydrogen-bond acceptors (Lipinski definition) is 6. The van der Waals surface area contributed by atoms with Gasteiger partial charge in [0.2, 0.25) is 5.91 Å². The molecule has 0 aliphatic carbocycles. The van der Waals surface area contributed by atoms with Gasteiger partial charge in [-0.1, -0.05) is 12.7 Å². The van der Waals surface area contributed by atoms with Crippen molar-refractivity contribution < 1.29 is 19.2 Å². The maximum absolute atomic E-state index is 12.0. The van der Waals surface area contributed by atoms with Gasteiger partial charge in [-0.25, -0.2) is 4.79 Å². The monoisotopic (exact) mass is 285 g/mol. The first-order chi connectivity index (χ1) is 9.31. The minimum absolute atomic E-state index is 0.0961. The Morgan fingerprint density at radius 3 is 2.80 bits per heavy atom. The van der Waals surface area contributed by atoms with Crippen molar-refractivity contribution in [1.29, 1.82) is 0 Å². The number of piperazine rings is 1. The van der Waals surface area contributed by atoms with Gasteiger partial charge >= 0.3 is 6.16 Å². The standard InChI is InChI=1S/C13H23N3O4/c1-5-8-19-12(18)20-16-7-6-14-10(9-16)11(17)15-13(2,3)4/h5,10,14H,1,6-9H2,2-4H3,(H,15,17). The highest BCUT2D eigenvalue weighted by atomic mass is 16.8. The van der Waals surface area contributed by atoms with Crippen LogP contribution in [-0.2, 0) is 14.4 Å². The Morgan fingerprint density at radius 1 is 1.50 bits per heavy atom. The van der Waals surface area contributed by atoms with Crippen LogP contribution in [0.2, 0.25) is 0 Å². The zero-order valence-electron chi connectivity index (χ0n) is 12.3. The molecule has 7 nitrogen and oxygen atoms in total. The molecule has 1 fully saturated rings. The second-order valence-electron chi connectivity index (χ2n) is 5.57. The lowest BCUT2D eigenvalue weighted by molar-refractivity contribution is -0.149. The Labute approximate surface area is 119 Å². The first-order valence-electron chi connectivity index (χ1n) is 6.58. The van der Waals surface area contributed by atoms with Crippen molar-refractivity contribution in [3.63, 3.8) is 0 Å². The van der Waals surface area contributed by atoms with E-state index in [1.54, 1.807) is 0 Å².